The number of rotatable bonds is 4. The normalized spacial score (nSPS) is 18.5. The van der Waals surface area contributed by atoms with Crippen molar-refractivity contribution in [1.82, 2.24) is 10.2 Å². The molecule has 2 nitrogen and oxygen atoms in total. The van der Waals surface area contributed by atoms with Crippen LogP contribution in [0.1, 0.15) is 11.3 Å². The molecule has 1 aliphatic rings. The lowest BCUT2D eigenvalue weighted by Crippen LogP contribution is -2.44. The number of nitrogens with zero attached hydrogens (tertiary/aromatic N) is 1. The third-order valence-electron chi connectivity index (χ3n) is 2.88. The second-order valence-electron chi connectivity index (χ2n) is 4.18. The Bertz CT molecular complexity index is 364. The van der Waals surface area contributed by atoms with Gasteiger partial charge in [0, 0.05) is 49.0 Å². The lowest BCUT2D eigenvalue weighted by molar-refractivity contribution is -0.0190. The van der Waals surface area contributed by atoms with Crippen molar-refractivity contribution >= 4 is 27.3 Å². The lowest BCUT2D eigenvalue weighted by Gasteiger charge is -2.28. The quantitative estimate of drug-likeness (QED) is 0.916. The Morgan fingerprint density at radius 2 is 2.12 bits per heavy atom. The molecule has 1 fully saturated rings. The van der Waals surface area contributed by atoms with Crippen molar-refractivity contribution in [3.05, 3.63) is 20.8 Å². The Hall–Kier alpha value is -0.0400. The molecule has 96 valence electrons. The Balaban J connectivity index is 1.88. The smallest absolute Gasteiger partial charge is 0.283 e. The van der Waals surface area contributed by atoms with Crippen LogP contribution in [0.15, 0.2) is 15.9 Å². The molecule has 1 saturated heterocycles. The molecule has 1 aliphatic heterocycles. The van der Waals surface area contributed by atoms with E-state index in [-0.39, 0.29) is 11.3 Å². The fourth-order valence-corrected chi connectivity index (χ4v) is 3.30. The summed E-state index contributed by atoms with van der Waals surface area (Å²) in [6.07, 6.45) is -0.0973. The van der Waals surface area contributed by atoms with Crippen LogP contribution in [0.25, 0.3) is 0 Å². The number of hydrogen-bond donors (Lipinski definition) is 1. The van der Waals surface area contributed by atoms with Gasteiger partial charge in [-0.1, -0.05) is 0 Å². The zero-order chi connectivity index (χ0) is 12.3. The summed E-state index contributed by atoms with van der Waals surface area (Å²) in [6, 6.07) is 1.52. The van der Waals surface area contributed by atoms with Gasteiger partial charge in [0.2, 0.25) is 0 Å². The predicted molar refractivity (Wildman–Crippen MR) is 69.8 cm³/mol. The zero-order valence-electron chi connectivity index (χ0n) is 9.39. The van der Waals surface area contributed by atoms with Gasteiger partial charge in [-0.2, -0.15) is 0 Å². The van der Waals surface area contributed by atoms with Gasteiger partial charge in [-0.15, -0.1) is 11.3 Å². The summed E-state index contributed by atoms with van der Waals surface area (Å²) < 4.78 is 28.5. The maximum atomic E-state index is 13.9. The van der Waals surface area contributed by atoms with Crippen LogP contribution >= 0.6 is 27.3 Å². The van der Waals surface area contributed by atoms with Gasteiger partial charge in [0.05, 0.1) is 4.88 Å². The first-order valence-electron chi connectivity index (χ1n) is 5.63. The van der Waals surface area contributed by atoms with Crippen molar-refractivity contribution in [3.63, 3.8) is 0 Å². The van der Waals surface area contributed by atoms with E-state index in [1.807, 2.05) is 0 Å². The molecular formula is C11H15BrF2N2S. The van der Waals surface area contributed by atoms with E-state index < -0.39 is 5.92 Å². The molecule has 0 bridgehead atoms. The van der Waals surface area contributed by atoms with Crippen molar-refractivity contribution < 1.29 is 8.78 Å². The van der Waals surface area contributed by atoms with Crippen LogP contribution in [-0.2, 0) is 5.92 Å². The molecule has 6 heteroatoms. The van der Waals surface area contributed by atoms with Crippen LogP contribution < -0.4 is 5.32 Å². The predicted octanol–water partition coefficient (Wildman–Crippen LogP) is 2.90. The maximum absolute atomic E-state index is 13.9. The van der Waals surface area contributed by atoms with Crippen LogP contribution in [0.3, 0.4) is 0 Å². The Labute approximate surface area is 112 Å². The zero-order valence-corrected chi connectivity index (χ0v) is 11.8. The summed E-state index contributed by atoms with van der Waals surface area (Å²) in [5.41, 5.74) is 0. The fourth-order valence-electron chi connectivity index (χ4n) is 1.86. The molecule has 0 amide bonds. The van der Waals surface area contributed by atoms with Crippen LogP contribution in [-0.4, -0.2) is 37.6 Å². The third kappa shape index (κ3) is 3.71. The highest BCUT2D eigenvalue weighted by Crippen LogP contribution is 2.37. The summed E-state index contributed by atoms with van der Waals surface area (Å²) in [6.45, 7) is 3.99. The summed E-state index contributed by atoms with van der Waals surface area (Å²) in [7, 11) is 0. The van der Waals surface area contributed by atoms with Crippen LogP contribution in [0, 0.1) is 0 Å². The molecule has 0 atom stereocenters. The Kier molecular flexibility index (Phi) is 4.52. The number of alkyl halides is 2. The van der Waals surface area contributed by atoms with E-state index in [0.29, 0.717) is 6.54 Å². The lowest BCUT2D eigenvalue weighted by atomic mass is 10.2. The number of thiophene rings is 1. The largest absolute Gasteiger partial charge is 0.314 e. The van der Waals surface area contributed by atoms with Crippen molar-refractivity contribution in [2.75, 3.05) is 32.7 Å². The average Bonchev–Trinajstić information content (AvgIpc) is 2.76. The summed E-state index contributed by atoms with van der Waals surface area (Å²) in [5, 5.41) is 4.92. The van der Waals surface area contributed by atoms with Crippen molar-refractivity contribution in [2.45, 2.75) is 12.3 Å². The van der Waals surface area contributed by atoms with E-state index in [1.165, 1.54) is 6.07 Å². The first-order valence-corrected chi connectivity index (χ1v) is 7.30. The summed E-state index contributed by atoms with van der Waals surface area (Å²) in [5.74, 6) is -2.71. The van der Waals surface area contributed by atoms with E-state index in [2.05, 4.69) is 26.1 Å². The van der Waals surface area contributed by atoms with E-state index in [4.69, 9.17) is 0 Å². The van der Waals surface area contributed by atoms with Crippen LogP contribution in [0.4, 0.5) is 8.78 Å². The van der Waals surface area contributed by atoms with E-state index >= 15 is 0 Å². The van der Waals surface area contributed by atoms with Crippen LogP contribution in [0.5, 0.6) is 0 Å². The minimum absolute atomic E-state index is 0.0973. The summed E-state index contributed by atoms with van der Waals surface area (Å²) in [4.78, 5) is 2.24. The number of hydrogen-bond acceptors (Lipinski definition) is 3. The minimum atomic E-state index is -2.71. The molecule has 0 aliphatic carbocycles. The number of halogens is 3. The van der Waals surface area contributed by atoms with Gasteiger partial charge in [0.25, 0.3) is 5.92 Å². The molecule has 1 aromatic rings. The highest BCUT2D eigenvalue weighted by atomic mass is 79.9. The molecule has 17 heavy (non-hydrogen) atoms. The molecule has 0 radical (unpaired) electrons. The first kappa shape index (κ1) is 13.4. The standard InChI is InChI=1S/C11H15BrF2N2S/c12-9-7-10(17-8-9)11(13,14)1-4-16-5-2-15-3-6-16/h7-8,15H,1-6H2. The molecule has 1 aromatic heterocycles. The molecule has 0 spiro atoms. The Morgan fingerprint density at radius 1 is 1.41 bits per heavy atom. The van der Waals surface area contributed by atoms with Gasteiger partial charge >= 0.3 is 0 Å². The van der Waals surface area contributed by atoms with Gasteiger partial charge in [-0.25, -0.2) is 8.78 Å². The highest BCUT2D eigenvalue weighted by molar-refractivity contribution is 9.10. The number of piperazine rings is 1. The molecule has 2 heterocycles. The fraction of sp³-hybridized carbons (Fsp3) is 0.636. The van der Waals surface area contributed by atoms with Gasteiger partial charge < -0.3 is 10.2 Å². The molecule has 0 unspecified atom stereocenters. The molecule has 0 saturated carbocycles. The molecule has 2 rings (SSSR count). The first-order chi connectivity index (χ1) is 8.08. The van der Waals surface area contributed by atoms with E-state index in [0.717, 1.165) is 42.0 Å². The molecule has 0 aromatic carbocycles. The van der Waals surface area contributed by atoms with Gasteiger partial charge in [0.15, 0.2) is 0 Å². The highest BCUT2D eigenvalue weighted by Gasteiger charge is 2.33. The molecular weight excluding hydrogens is 310 g/mol. The third-order valence-corrected chi connectivity index (χ3v) is 4.68. The SMILES string of the molecule is FC(F)(CCN1CCNCC1)c1cc(Br)cs1. The maximum Gasteiger partial charge on any atom is 0.283 e. The number of nitrogens with one attached hydrogen (secondary N) is 1. The van der Waals surface area contributed by atoms with Crippen molar-refractivity contribution in [3.8, 4) is 0 Å². The van der Waals surface area contributed by atoms with Gasteiger partial charge in [-0.05, 0) is 22.0 Å². The second-order valence-corrected chi connectivity index (χ2v) is 6.00. The van der Waals surface area contributed by atoms with E-state index in [9.17, 15) is 8.78 Å². The second kappa shape index (κ2) is 5.73. The molecule has 1 N–H and O–H groups in total. The van der Waals surface area contributed by atoms with E-state index in [1.54, 1.807) is 5.38 Å². The van der Waals surface area contributed by atoms with Gasteiger partial charge in [0.1, 0.15) is 0 Å². The Morgan fingerprint density at radius 3 is 2.71 bits per heavy atom. The van der Waals surface area contributed by atoms with Crippen LogP contribution in [0.2, 0.25) is 0 Å². The van der Waals surface area contributed by atoms with Crippen molar-refractivity contribution in [1.29, 1.82) is 0 Å². The minimum Gasteiger partial charge on any atom is -0.314 e. The monoisotopic (exact) mass is 324 g/mol. The topological polar surface area (TPSA) is 15.3 Å². The average molecular weight is 325 g/mol. The van der Waals surface area contributed by atoms with Crippen molar-refractivity contribution in [2.24, 2.45) is 0 Å². The summed E-state index contributed by atoms with van der Waals surface area (Å²) >= 11 is 4.33. The van der Waals surface area contributed by atoms with Gasteiger partial charge in [-0.3, -0.25) is 0 Å².